The molecule has 0 atom stereocenters. The van der Waals surface area contributed by atoms with E-state index in [9.17, 15) is 9.59 Å². The average Bonchev–Trinajstić information content (AvgIpc) is 3.13. The molecule has 3 aromatic carbocycles. The second-order valence-electron chi connectivity index (χ2n) is 7.23. The summed E-state index contributed by atoms with van der Waals surface area (Å²) in [5.74, 6) is -0.285. The van der Waals surface area contributed by atoms with Crippen molar-refractivity contribution in [1.29, 1.82) is 0 Å². The van der Waals surface area contributed by atoms with Gasteiger partial charge >= 0.3 is 5.97 Å². The zero-order valence-corrected chi connectivity index (χ0v) is 19.5. The van der Waals surface area contributed by atoms with Crippen LogP contribution in [0.1, 0.15) is 21.5 Å². The van der Waals surface area contributed by atoms with E-state index in [1.807, 2.05) is 24.3 Å². The molecule has 0 saturated heterocycles. The number of para-hydroxylation sites is 1. The molecule has 1 aliphatic rings. The van der Waals surface area contributed by atoms with E-state index in [0.717, 1.165) is 5.56 Å². The van der Waals surface area contributed by atoms with E-state index in [2.05, 4.69) is 5.16 Å². The second-order valence-corrected chi connectivity index (χ2v) is 7.64. The molecule has 0 spiro atoms. The number of ether oxygens (including phenoxy) is 3. The predicted molar refractivity (Wildman–Crippen MR) is 127 cm³/mol. The van der Waals surface area contributed by atoms with Gasteiger partial charge in [0.05, 0.1) is 39.1 Å². The number of rotatable bonds is 7. The van der Waals surface area contributed by atoms with Gasteiger partial charge in [-0.2, -0.15) is 0 Å². The van der Waals surface area contributed by atoms with Crippen LogP contribution in [0.3, 0.4) is 0 Å². The van der Waals surface area contributed by atoms with E-state index in [1.165, 1.54) is 33.5 Å². The molecule has 8 nitrogen and oxygen atoms in total. The molecule has 34 heavy (non-hydrogen) atoms. The van der Waals surface area contributed by atoms with Crippen LogP contribution in [0.25, 0.3) is 0 Å². The lowest BCUT2D eigenvalue weighted by Crippen LogP contribution is -2.30. The minimum atomic E-state index is -0.790. The minimum Gasteiger partial charge on any atom is -0.493 e. The molecule has 0 unspecified atom stereocenters. The number of oxime groups is 1. The van der Waals surface area contributed by atoms with Crippen molar-refractivity contribution >= 4 is 34.9 Å². The van der Waals surface area contributed by atoms with Gasteiger partial charge in [0, 0.05) is 10.6 Å². The number of anilines is 1. The molecule has 0 saturated carbocycles. The van der Waals surface area contributed by atoms with Gasteiger partial charge in [0.2, 0.25) is 5.75 Å². The first kappa shape index (κ1) is 23.1. The summed E-state index contributed by atoms with van der Waals surface area (Å²) in [5, 5.41) is 4.47. The van der Waals surface area contributed by atoms with Crippen LogP contribution in [0.4, 0.5) is 5.69 Å². The summed E-state index contributed by atoms with van der Waals surface area (Å²) in [4.78, 5) is 32.7. The number of amides is 1. The summed E-state index contributed by atoms with van der Waals surface area (Å²) >= 11 is 6.29. The van der Waals surface area contributed by atoms with E-state index in [4.69, 9.17) is 30.6 Å². The van der Waals surface area contributed by atoms with Crippen LogP contribution in [-0.4, -0.2) is 38.9 Å². The van der Waals surface area contributed by atoms with E-state index < -0.39 is 11.9 Å². The summed E-state index contributed by atoms with van der Waals surface area (Å²) in [6.07, 6.45) is 0. The highest BCUT2D eigenvalue weighted by Crippen LogP contribution is 2.38. The number of benzene rings is 3. The van der Waals surface area contributed by atoms with Gasteiger partial charge < -0.3 is 23.9 Å². The Labute approximate surface area is 201 Å². The fourth-order valence-corrected chi connectivity index (χ4v) is 3.84. The Bertz CT molecular complexity index is 1260. The summed E-state index contributed by atoms with van der Waals surface area (Å²) in [7, 11) is 4.34. The first-order valence-electron chi connectivity index (χ1n) is 10.2. The maximum Gasteiger partial charge on any atom is 0.366 e. The van der Waals surface area contributed by atoms with Gasteiger partial charge in [0.1, 0.15) is 0 Å². The Hall–Kier alpha value is -4.04. The fourth-order valence-electron chi connectivity index (χ4n) is 3.64. The monoisotopic (exact) mass is 480 g/mol. The lowest BCUT2D eigenvalue weighted by Gasteiger charge is -2.17. The molecule has 3 aromatic rings. The number of fused-ring (bicyclic) bond motifs is 1. The Morgan fingerprint density at radius 1 is 0.941 bits per heavy atom. The van der Waals surface area contributed by atoms with E-state index in [-0.39, 0.29) is 29.3 Å². The highest BCUT2D eigenvalue weighted by atomic mass is 35.5. The smallest absolute Gasteiger partial charge is 0.366 e. The highest BCUT2D eigenvalue weighted by Gasteiger charge is 2.35. The molecule has 9 heteroatoms. The Morgan fingerprint density at radius 2 is 1.59 bits per heavy atom. The third-order valence-corrected chi connectivity index (χ3v) is 5.67. The molecule has 4 rings (SSSR count). The van der Waals surface area contributed by atoms with Crippen molar-refractivity contribution in [2.24, 2.45) is 5.16 Å². The molecule has 1 aliphatic heterocycles. The van der Waals surface area contributed by atoms with Crippen LogP contribution < -0.4 is 19.1 Å². The normalized spacial score (nSPS) is 13.6. The third kappa shape index (κ3) is 4.27. The molecule has 0 aliphatic carbocycles. The first-order chi connectivity index (χ1) is 16.5. The molecule has 1 amide bonds. The lowest BCUT2D eigenvalue weighted by molar-refractivity contribution is -0.112. The van der Waals surface area contributed by atoms with E-state index in [1.54, 1.807) is 29.2 Å². The van der Waals surface area contributed by atoms with Crippen molar-refractivity contribution < 1.29 is 28.6 Å². The zero-order valence-electron chi connectivity index (χ0n) is 18.7. The first-order valence-corrected chi connectivity index (χ1v) is 10.6. The second kappa shape index (κ2) is 9.84. The van der Waals surface area contributed by atoms with Crippen LogP contribution in [0.5, 0.6) is 17.2 Å². The number of halogens is 1. The van der Waals surface area contributed by atoms with Gasteiger partial charge in [0.15, 0.2) is 17.2 Å². The molecule has 0 radical (unpaired) electrons. The largest absolute Gasteiger partial charge is 0.493 e. The van der Waals surface area contributed by atoms with E-state index >= 15 is 0 Å². The number of hydrogen-bond acceptors (Lipinski definition) is 7. The molecule has 0 bridgehead atoms. The van der Waals surface area contributed by atoms with Crippen molar-refractivity contribution in [3.8, 4) is 17.2 Å². The highest BCUT2D eigenvalue weighted by molar-refractivity contribution is 6.54. The molecule has 0 aromatic heterocycles. The number of nitrogens with zero attached hydrogens (tertiary/aromatic N) is 2. The van der Waals surface area contributed by atoms with Crippen molar-refractivity contribution in [1.82, 2.24) is 0 Å². The molecule has 0 N–H and O–H groups in total. The van der Waals surface area contributed by atoms with Crippen molar-refractivity contribution in [2.75, 3.05) is 26.2 Å². The molecule has 174 valence electrons. The molecular formula is C25H21ClN2O6. The summed E-state index contributed by atoms with van der Waals surface area (Å²) in [5.41, 5.74) is 2.11. The average molecular weight is 481 g/mol. The number of hydrogen-bond donors (Lipinski definition) is 0. The Morgan fingerprint density at radius 3 is 2.24 bits per heavy atom. The molecule has 0 fully saturated rings. The third-order valence-electron chi connectivity index (χ3n) is 5.30. The minimum absolute atomic E-state index is 0.0171. The Kier molecular flexibility index (Phi) is 6.70. The van der Waals surface area contributed by atoms with Crippen molar-refractivity contribution in [3.63, 3.8) is 0 Å². The topological polar surface area (TPSA) is 86.7 Å². The lowest BCUT2D eigenvalue weighted by atomic mass is 10.1. The van der Waals surface area contributed by atoms with Crippen LogP contribution in [0.15, 0.2) is 65.8 Å². The predicted octanol–water partition coefficient (Wildman–Crippen LogP) is 4.47. The molecule has 1 heterocycles. The Balaban J connectivity index is 1.63. The van der Waals surface area contributed by atoms with Gasteiger partial charge in [-0.25, -0.2) is 4.79 Å². The van der Waals surface area contributed by atoms with Gasteiger partial charge in [0.25, 0.3) is 5.91 Å². The number of methoxy groups -OCH3 is 3. The maximum absolute atomic E-state index is 13.2. The van der Waals surface area contributed by atoms with Gasteiger partial charge in [-0.1, -0.05) is 53.2 Å². The van der Waals surface area contributed by atoms with Crippen molar-refractivity contribution in [3.05, 3.63) is 82.4 Å². The number of carbonyl (C=O) groups is 2. The van der Waals surface area contributed by atoms with E-state index in [0.29, 0.717) is 22.0 Å². The van der Waals surface area contributed by atoms with Gasteiger partial charge in [-0.15, -0.1) is 0 Å². The summed E-state index contributed by atoms with van der Waals surface area (Å²) in [6, 6.07) is 17.3. The maximum atomic E-state index is 13.2. The van der Waals surface area contributed by atoms with Crippen LogP contribution >= 0.6 is 11.6 Å². The fraction of sp³-hybridized carbons (Fsp3) is 0.160. The molecular weight excluding hydrogens is 460 g/mol. The SMILES string of the molecule is COc1cc(C(=O)O/N=C2\C(=O)N(Cc3ccccc3Cl)c3ccccc32)cc(OC)c1OC. The number of carbonyl (C=O) groups excluding carboxylic acids is 2. The van der Waals surface area contributed by atoms with Gasteiger partial charge in [-0.05, 0) is 29.8 Å². The standard InChI is InChI=1S/C25H21ClN2O6/c1-31-20-12-16(13-21(32-2)23(20)33-3)25(30)34-27-22-17-9-5-7-11-19(17)28(24(22)29)14-15-8-4-6-10-18(15)26/h4-13H,14H2,1-3H3/b27-22-. The van der Waals surface area contributed by atoms with Crippen LogP contribution in [0.2, 0.25) is 5.02 Å². The van der Waals surface area contributed by atoms with Gasteiger partial charge in [-0.3, -0.25) is 4.79 Å². The van der Waals surface area contributed by atoms with Crippen LogP contribution in [-0.2, 0) is 16.2 Å². The zero-order chi connectivity index (χ0) is 24.2. The summed E-state index contributed by atoms with van der Waals surface area (Å²) < 4.78 is 15.8. The summed E-state index contributed by atoms with van der Waals surface area (Å²) in [6.45, 7) is 0.245. The quantitative estimate of drug-likeness (QED) is 0.366. The van der Waals surface area contributed by atoms with Crippen molar-refractivity contribution in [2.45, 2.75) is 6.54 Å². The van der Waals surface area contributed by atoms with Crippen LogP contribution in [0, 0.1) is 0 Å².